The largest absolute Gasteiger partial charge is 0.316 e. The van der Waals surface area contributed by atoms with E-state index in [0.717, 1.165) is 18.9 Å². The van der Waals surface area contributed by atoms with Crippen LogP contribution >= 0.6 is 0 Å². The van der Waals surface area contributed by atoms with Gasteiger partial charge in [0.15, 0.2) is 0 Å². The van der Waals surface area contributed by atoms with Gasteiger partial charge in [-0.2, -0.15) is 0 Å². The van der Waals surface area contributed by atoms with Gasteiger partial charge in [-0.05, 0) is 42.8 Å². The third-order valence-electron chi connectivity index (χ3n) is 3.42. The second kappa shape index (κ2) is 4.22. The van der Waals surface area contributed by atoms with E-state index in [9.17, 15) is 0 Å². The first-order valence-electron chi connectivity index (χ1n) is 5.96. The standard InChI is InChI=1S/C14H16N2/c1-2-4-14-12(3-1)9-16-10-13(14)7-11-5-6-15-8-11/h1-4,9-11,15H,5-8H2/t11-/m0/s1. The highest BCUT2D eigenvalue weighted by Crippen LogP contribution is 2.22. The van der Waals surface area contributed by atoms with Crippen LogP contribution in [-0.4, -0.2) is 18.1 Å². The van der Waals surface area contributed by atoms with Crippen molar-refractivity contribution in [3.8, 4) is 0 Å². The summed E-state index contributed by atoms with van der Waals surface area (Å²) in [5.74, 6) is 0.785. The number of nitrogens with zero attached hydrogens (tertiary/aromatic N) is 1. The fourth-order valence-corrected chi connectivity index (χ4v) is 2.54. The number of rotatable bonds is 2. The molecule has 1 N–H and O–H groups in total. The monoisotopic (exact) mass is 212 g/mol. The Balaban J connectivity index is 1.96. The molecule has 82 valence electrons. The van der Waals surface area contributed by atoms with E-state index in [1.807, 2.05) is 12.4 Å². The van der Waals surface area contributed by atoms with E-state index < -0.39 is 0 Å². The molecule has 2 heterocycles. The molecule has 2 nitrogen and oxygen atoms in total. The van der Waals surface area contributed by atoms with Gasteiger partial charge in [0.05, 0.1) is 0 Å². The highest BCUT2D eigenvalue weighted by molar-refractivity contribution is 5.84. The topological polar surface area (TPSA) is 24.9 Å². The predicted octanol–water partition coefficient (Wildman–Crippen LogP) is 2.39. The molecule has 1 aromatic heterocycles. The molecular weight excluding hydrogens is 196 g/mol. The van der Waals surface area contributed by atoms with Crippen LogP contribution in [0.4, 0.5) is 0 Å². The van der Waals surface area contributed by atoms with Crippen LogP contribution in [-0.2, 0) is 6.42 Å². The zero-order valence-electron chi connectivity index (χ0n) is 9.32. The third-order valence-corrected chi connectivity index (χ3v) is 3.42. The van der Waals surface area contributed by atoms with E-state index in [-0.39, 0.29) is 0 Å². The Bertz CT molecular complexity index is 482. The lowest BCUT2D eigenvalue weighted by Gasteiger charge is -2.10. The Labute approximate surface area is 95.7 Å². The number of nitrogens with one attached hydrogen (secondary N) is 1. The summed E-state index contributed by atoms with van der Waals surface area (Å²) >= 11 is 0. The molecule has 0 radical (unpaired) electrons. The first-order chi connectivity index (χ1) is 7.93. The summed E-state index contributed by atoms with van der Waals surface area (Å²) < 4.78 is 0. The Morgan fingerprint density at radius 2 is 2.19 bits per heavy atom. The maximum absolute atomic E-state index is 4.33. The van der Waals surface area contributed by atoms with Crippen molar-refractivity contribution in [1.29, 1.82) is 0 Å². The van der Waals surface area contributed by atoms with Gasteiger partial charge < -0.3 is 5.32 Å². The molecule has 1 aliphatic heterocycles. The smallest absolute Gasteiger partial charge is 0.0346 e. The maximum atomic E-state index is 4.33. The summed E-state index contributed by atoms with van der Waals surface area (Å²) in [6.45, 7) is 2.33. The van der Waals surface area contributed by atoms with Gasteiger partial charge in [-0.1, -0.05) is 24.3 Å². The van der Waals surface area contributed by atoms with Gasteiger partial charge in [-0.25, -0.2) is 0 Å². The molecule has 0 unspecified atom stereocenters. The van der Waals surface area contributed by atoms with Crippen molar-refractivity contribution in [2.24, 2.45) is 5.92 Å². The van der Waals surface area contributed by atoms with Crippen LogP contribution in [0.15, 0.2) is 36.7 Å². The van der Waals surface area contributed by atoms with Crippen LogP contribution in [0.3, 0.4) is 0 Å². The van der Waals surface area contributed by atoms with Crippen molar-refractivity contribution in [3.05, 3.63) is 42.2 Å². The average molecular weight is 212 g/mol. The van der Waals surface area contributed by atoms with Gasteiger partial charge in [-0.3, -0.25) is 4.98 Å². The quantitative estimate of drug-likeness (QED) is 0.826. The van der Waals surface area contributed by atoms with Gasteiger partial charge >= 0.3 is 0 Å². The van der Waals surface area contributed by atoms with Crippen LogP contribution in [0.1, 0.15) is 12.0 Å². The van der Waals surface area contributed by atoms with Crippen LogP contribution in [0, 0.1) is 5.92 Å². The highest BCUT2D eigenvalue weighted by atomic mass is 14.9. The van der Waals surface area contributed by atoms with Gasteiger partial charge in [0.1, 0.15) is 0 Å². The summed E-state index contributed by atoms with van der Waals surface area (Å²) in [6, 6.07) is 8.52. The second-order valence-electron chi connectivity index (χ2n) is 4.58. The number of fused-ring (bicyclic) bond motifs is 1. The van der Waals surface area contributed by atoms with E-state index in [1.165, 1.54) is 29.3 Å². The number of aromatic nitrogens is 1. The molecule has 0 amide bonds. The SMILES string of the molecule is c1ccc2c(C[C@@H]3CCNC3)cncc2c1. The van der Waals surface area contributed by atoms with E-state index in [4.69, 9.17) is 0 Å². The van der Waals surface area contributed by atoms with Crippen LogP contribution < -0.4 is 5.32 Å². The average Bonchev–Trinajstić information content (AvgIpc) is 2.82. The molecule has 2 aromatic rings. The summed E-state index contributed by atoms with van der Waals surface area (Å²) in [7, 11) is 0. The van der Waals surface area contributed by atoms with Crippen molar-refractivity contribution in [3.63, 3.8) is 0 Å². The lowest BCUT2D eigenvalue weighted by atomic mass is 9.96. The van der Waals surface area contributed by atoms with E-state index in [1.54, 1.807) is 0 Å². The van der Waals surface area contributed by atoms with Crippen LogP contribution in [0.5, 0.6) is 0 Å². The molecule has 1 atom stereocenters. The molecule has 0 bridgehead atoms. The fraction of sp³-hybridized carbons (Fsp3) is 0.357. The van der Waals surface area contributed by atoms with Crippen molar-refractivity contribution < 1.29 is 0 Å². The lowest BCUT2D eigenvalue weighted by molar-refractivity contribution is 0.581. The molecule has 0 saturated carbocycles. The molecule has 1 aromatic carbocycles. The Hall–Kier alpha value is -1.41. The minimum absolute atomic E-state index is 0.785. The number of benzene rings is 1. The zero-order chi connectivity index (χ0) is 10.8. The first-order valence-corrected chi connectivity index (χ1v) is 5.96. The Morgan fingerprint density at radius 1 is 1.25 bits per heavy atom. The summed E-state index contributed by atoms with van der Waals surface area (Å²) in [5, 5.41) is 6.04. The molecular formula is C14H16N2. The molecule has 16 heavy (non-hydrogen) atoms. The molecule has 2 heteroatoms. The van der Waals surface area contributed by atoms with Crippen molar-refractivity contribution in [2.75, 3.05) is 13.1 Å². The van der Waals surface area contributed by atoms with Crippen LogP contribution in [0.2, 0.25) is 0 Å². The van der Waals surface area contributed by atoms with Crippen molar-refractivity contribution >= 4 is 10.8 Å². The molecule has 1 saturated heterocycles. The Morgan fingerprint density at radius 3 is 3.06 bits per heavy atom. The molecule has 3 rings (SSSR count). The maximum Gasteiger partial charge on any atom is 0.0346 e. The van der Waals surface area contributed by atoms with E-state index >= 15 is 0 Å². The van der Waals surface area contributed by atoms with Crippen molar-refractivity contribution in [1.82, 2.24) is 10.3 Å². The normalized spacial score (nSPS) is 20.4. The minimum Gasteiger partial charge on any atom is -0.316 e. The van der Waals surface area contributed by atoms with Gasteiger partial charge in [0, 0.05) is 17.8 Å². The number of hydrogen-bond acceptors (Lipinski definition) is 2. The number of pyridine rings is 1. The summed E-state index contributed by atoms with van der Waals surface area (Å²) in [5.41, 5.74) is 1.40. The Kier molecular flexibility index (Phi) is 2.58. The minimum atomic E-state index is 0.785. The van der Waals surface area contributed by atoms with Gasteiger partial charge in [0.25, 0.3) is 0 Å². The predicted molar refractivity (Wildman–Crippen MR) is 66.4 cm³/mol. The third kappa shape index (κ3) is 1.81. The molecule has 0 aliphatic carbocycles. The molecule has 0 spiro atoms. The lowest BCUT2D eigenvalue weighted by Crippen LogP contribution is -2.11. The second-order valence-corrected chi connectivity index (χ2v) is 4.58. The summed E-state index contributed by atoms with van der Waals surface area (Å²) in [6.07, 6.45) is 6.43. The van der Waals surface area contributed by atoms with Crippen molar-refractivity contribution in [2.45, 2.75) is 12.8 Å². The first kappa shape index (κ1) is 9.79. The van der Waals surface area contributed by atoms with Crippen LogP contribution in [0.25, 0.3) is 10.8 Å². The van der Waals surface area contributed by atoms with Gasteiger partial charge in [-0.15, -0.1) is 0 Å². The summed E-state index contributed by atoms with van der Waals surface area (Å²) in [4.78, 5) is 4.33. The highest BCUT2D eigenvalue weighted by Gasteiger charge is 2.15. The molecule has 1 aliphatic rings. The fourth-order valence-electron chi connectivity index (χ4n) is 2.54. The number of hydrogen-bond donors (Lipinski definition) is 1. The zero-order valence-corrected chi connectivity index (χ0v) is 9.32. The van der Waals surface area contributed by atoms with E-state index in [2.05, 4.69) is 34.6 Å². The van der Waals surface area contributed by atoms with E-state index in [0.29, 0.717) is 0 Å². The molecule has 1 fully saturated rings. The van der Waals surface area contributed by atoms with Gasteiger partial charge in [0.2, 0.25) is 0 Å².